The first kappa shape index (κ1) is 15.3. The third-order valence-electron chi connectivity index (χ3n) is 3.19. The van der Waals surface area contributed by atoms with Crippen molar-refractivity contribution in [2.45, 2.75) is 31.7 Å². The Morgan fingerprint density at radius 2 is 1.90 bits per heavy atom. The number of hydrogen-bond acceptors (Lipinski definition) is 2. The van der Waals surface area contributed by atoms with Crippen molar-refractivity contribution in [3.8, 4) is 11.8 Å². The number of hydrogen-bond donors (Lipinski definition) is 0. The van der Waals surface area contributed by atoms with Gasteiger partial charge < -0.3 is 0 Å². The minimum Gasteiger partial charge on any atom is -0.212 e. The SMILES string of the molecule is C[Si](C)(C)CCS(=O)(=O)N1C[C@@H]1C#Cc1ccccc1. The maximum absolute atomic E-state index is 12.1. The van der Waals surface area contributed by atoms with Gasteiger partial charge in [-0.2, -0.15) is 4.31 Å². The molecule has 0 aliphatic carbocycles. The summed E-state index contributed by atoms with van der Waals surface area (Å²) in [5.41, 5.74) is 0.929. The van der Waals surface area contributed by atoms with E-state index in [-0.39, 0.29) is 11.8 Å². The Hall–Kier alpha value is -1.09. The van der Waals surface area contributed by atoms with E-state index in [1.54, 1.807) is 0 Å². The minimum atomic E-state index is -3.11. The molecule has 1 aromatic carbocycles. The molecule has 2 atom stereocenters. The highest BCUT2D eigenvalue weighted by Gasteiger charge is 2.42. The first-order valence-electron chi connectivity index (χ1n) is 6.84. The predicted molar refractivity (Wildman–Crippen MR) is 85.8 cm³/mol. The number of sulfonamides is 1. The zero-order chi connectivity index (χ0) is 14.8. The van der Waals surface area contributed by atoms with E-state index in [1.165, 1.54) is 4.31 Å². The summed E-state index contributed by atoms with van der Waals surface area (Å²) in [5.74, 6) is 6.34. The molecular weight excluding hydrogens is 286 g/mol. The topological polar surface area (TPSA) is 37.1 Å². The summed E-state index contributed by atoms with van der Waals surface area (Å²) in [7, 11) is -4.43. The van der Waals surface area contributed by atoms with Crippen LogP contribution in [0, 0.1) is 11.8 Å². The summed E-state index contributed by atoms with van der Waals surface area (Å²) in [6.07, 6.45) is 0. The van der Waals surface area contributed by atoms with Crippen LogP contribution in [0.25, 0.3) is 0 Å². The summed E-state index contributed by atoms with van der Waals surface area (Å²) in [6.45, 7) is 7.13. The van der Waals surface area contributed by atoms with Crippen LogP contribution in [-0.2, 0) is 10.0 Å². The monoisotopic (exact) mass is 307 g/mol. The van der Waals surface area contributed by atoms with E-state index in [1.807, 2.05) is 30.3 Å². The minimum absolute atomic E-state index is 0.123. The second-order valence-corrected chi connectivity index (χ2v) is 14.0. The molecule has 1 unspecified atom stereocenters. The first-order valence-corrected chi connectivity index (χ1v) is 12.2. The van der Waals surface area contributed by atoms with Crippen LogP contribution in [0.3, 0.4) is 0 Å². The third-order valence-corrected chi connectivity index (χ3v) is 7.14. The van der Waals surface area contributed by atoms with Gasteiger partial charge in [-0.3, -0.25) is 0 Å². The fraction of sp³-hybridized carbons (Fsp3) is 0.467. The Bertz CT molecular complexity index is 623. The lowest BCUT2D eigenvalue weighted by atomic mass is 10.2. The van der Waals surface area contributed by atoms with E-state index in [9.17, 15) is 8.42 Å². The van der Waals surface area contributed by atoms with Crippen LogP contribution < -0.4 is 0 Å². The maximum Gasteiger partial charge on any atom is 0.215 e. The lowest BCUT2D eigenvalue weighted by Gasteiger charge is -2.15. The van der Waals surface area contributed by atoms with Crippen LogP contribution in [0.1, 0.15) is 5.56 Å². The van der Waals surface area contributed by atoms with Gasteiger partial charge in [-0.25, -0.2) is 8.42 Å². The van der Waals surface area contributed by atoms with Crippen LogP contribution in [0.4, 0.5) is 0 Å². The van der Waals surface area contributed by atoms with Crippen LogP contribution >= 0.6 is 0 Å². The Kier molecular flexibility index (Phi) is 4.38. The number of nitrogens with zero attached hydrogens (tertiary/aromatic N) is 1. The summed E-state index contributed by atoms with van der Waals surface area (Å²) in [5, 5.41) is 0. The molecule has 5 heteroatoms. The molecule has 0 spiro atoms. The smallest absolute Gasteiger partial charge is 0.212 e. The van der Waals surface area contributed by atoms with Crippen LogP contribution in [-0.4, -0.2) is 39.1 Å². The van der Waals surface area contributed by atoms with Gasteiger partial charge in [0.15, 0.2) is 0 Å². The molecule has 0 N–H and O–H groups in total. The fourth-order valence-electron chi connectivity index (χ4n) is 1.79. The molecule has 1 aliphatic rings. The predicted octanol–water partition coefficient (Wildman–Crippen LogP) is 2.39. The van der Waals surface area contributed by atoms with Gasteiger partial charge in [0.25, 0.3) is 0 Å². The third kappa shape index (κ3) is 4.48. The zero-order valence-electron chi connectivity index (χ0n) is 12.3. The normalized spacial score (nSPS) is 21.9. The molecule has 1 heterocycles. The average molecular weight is 307 g/mol. The van der Waals surface area contributed by atoms with Gasteiger partial charge in [0, 0.05) is 20.2 Å². The average Bonchev–Trinajstić information content (AvgIpc) is 3.15. The molecule has 0 bridgehead atoms. The van der Waals surface area contributed by atoms with Gasteiger partial charge in [-0.1, -0.05) is 49.7 Å². The molecule has 3 nitrogen and oxygen atoms in total. The Morgan fingerprint density at radius 3 is 2.50 bits per heavy atom. The molecule has 0 aromatic heterocycles. The highest BCUT2D eigenvalue weighted by Crippen LogP contribution is 2.24. The van der Waals surface area contributed by atoms with Gasteiger partial charge in [-0.05, 0) is 18.2 Å². The van der Waals surface area contributed by atoms with Crippen molar-refractivity contribution < 1.29 is 8.42 Å². The van der Waals surface area contributed by atoms with E-state index >= 15 is 0 Å². The van der Waals surface area contributed by atoms with E-state index < -0.39 is 18.1 Å². The second-order valence-electron chi connectivity index (χ2n) is 6.35. The van der Waals surface area contributed by atoms with E-state index in [4.69, 9.17) is 0 Å². The Balaban J connectivity index is 1.93. The summed E-state index contributed by atoms with van der Waals surface area (Å²) < 4.78 is 25.8. The van der Waals surface area contributed by atoms with E-state index in [0.29, 0.717) is 6.54 Å². The van der Waals surface area contributed by atoms with Gasteiger partial charge in [0.2, 0.25) is 10.0 Å². The van der Waals surface area contributed by atoms with Gasteiger partial charge in [0.05, 0.1) is 11.8 Å². The molecule has 0 radical (unpaired) electrons. The molecule has 0 amide bonds. The molecule has 1 aliphatic heterocycles. The van der Waals surface area contributed by atoms with Gasteiger partial charge in [-0.15, -0.1) is 0 Å². The quantitative estimate of drug-likeness (QED) is 0.486. The standard InChI is InChI=1S/C15H21NO2SSi/c1-20(2,3)12-11-19(17,18)16-13-15(16)10-9-14-7-5-4-6-8-14/h4-8,15H,11-13H2,1-3H3/t15-,16?/m0/s1. The molecule has 1 aromatic rings. The fourth-order valence-corrected chi connectivity index (χ4v) is 6.31. The molecule has 108 valence electrons. The van der Waals surface area contributed by atoms with Crippen LogP contribution in [0.5, 0.6) is 0 Å². The highest BCUT2D eigenvalue weighted by molar-refractivity contribution is 7.89. The van der Waals surface area contributed by atoms with Crippen molar-refractivity contribution in [2.75, 3.05) is 12.3 Å². The molecule has 1 fully saturated rings. The van der Waals surface area contributed by atoms with Gasteiger partial charge in [0.1, 0.15) is 0 Å². The van der Waals surface area contributed by atoms with Crippen molar-refractivity contribution in [3.05, 3.63) is 35.9 Å². The van der Waals surface area contributed by atoms with E-state index in [0.717, 1.165) is 11.6 Å². The highest BCUT2D eigenvalue weighted by atomic mass is 32.2. The van der Waals surface area contributed by atoms with Crippen LogP contribution in [0.15, 0.2) is 30.3 Å². The van der Waals surface area contributed by atoms with Gasteiger partial charge >= 0.3 is 0 Å². The maximum atomic E-state index is 12.1. The first-order chi connectivity index (χ1) is 9.28. The summed E-state index contributed by atoms with van der Waals surface area (Å²) in [4.78, 5) is 0. The van der Waals surface area contributed by atoms with Crippen molar-refractivity contribution in [1.82, 2.24) is 4.31 Å². The van der Waals surface area contributed by atoms with Crippen molar-refractivity contribution >= 4 is 18.1 Å². The molecule has 1 saturated heterocycles. The number of rotatable bonds is 4. The van der Waals surface area contributed by atoms with Crippen molar-refractivity contribution in [3.63, 3.8) is 0 Å². The molecule has 0 saturated carbocycles. The van der Waals surface area contributed by atoms with Crippen LogP contribution in [0.2, 0.25) is 25.7 Å². The van der Waals surface area contributed by atoms with Crippen molar-refractivity contribution in [2.24, 2.45) is 0 Å². The molecular formula is C15H21NO2SSi. The summed E-state index contributed by atoms with van der Waals surface area (Å²) in [6, 6.07) is 10.3. The van der Waals surface area contributed by atoms with E-state index in [2.05, 4.69) is 31.5 Å². The second kappa shape index (κ2) is 5.72. The largest absolute Gasteiger partial charge is 0.215 e. The Morgan fingerprint density at radius 1 is 1.25 bits per heavy atom. The Labute approximate surface area is 123 Å². The zero-order valence-corrected chi connectivity index (χ0v) is 14.1. The van der Waals surface area contributed by atoms with Crippen molar-refractivity contribution in [1.29, 1.82) is 0 Å². The lowest BCUT2D eigenvalue weighted by Crippen LogP contribution is -2.27. The lowest BCUT2D eigenvalue weighted by molar-refractivity contribution is 0.560. The summed E-state index contributed by atoms with van der Waals surface area (Å²) >= 11 is 0. The molecule has 20 heavy (non-hydrogen) atoms. The number of benzene rings is 1. The molecule has 2 rings (SSSR count).